The van der Waals surface area contributed by atoms with Crippen molar-refractivity contribution >= 4 is 17.1 Å². The molecule has 0 aromatic heterocycles. The van der Waals surface area contributed by atoms with E-state index in [1.165, 1.54) is 12.1 Å². The zero-order chi connectivity index (χ0) is 13.8. The summed E-state index contributed by atoms with van der Waals surface area (Å²) in [6.45, 7) is 3.26. The average molecular weight is 269 g/mol. The molecule has 2 heterocycles. The molecule has 0 radical (unpaired) electrons. The van der Waals surface area contributed by atoms with E-state index in [9.17, 15) is 0 Å². The van der Waals surface area contributed by atoms with Gasteiger partial charge in [-0.3, -0.25) is 0 Å². The van der Waals surface area contributed by atoms with Gasteiger partial charge in [-0.15, -0.1) is 0 Å². The average Bonchev–Trinajstić information content (AvgIpc) is 3.26. The fraction of sp³-hybridized carbons (Fsp3) is 0.500. The number of nitrogen functional groups attached to an aromatic ring is 3. The molecule has 2 aliphatic rings. The van der Waals surface area contributed by atoms with Gasteiger partial charge in [-0.05, 0) is 12.1 Å². The van der Waals surface area contributed by atoms with Crippen LogP contribution in [0.15, 0.2) is 12.1 Å². The van der Waals surface area contributed by atoms with E-state index < -0.39 is 0 Å². The van der Waals surface area contributed by atoms with Crippen LogP contribution < -0.4 is 17.2 Å². The van der Waals surface area contributed by atoms with Gasteiger partial charge in [-0.1, -0.05) is 0 Å². The lowest BCUT2D eigenvalue weighted by Crippen LogP contribution is -2.06. The third kappa shape index (κ3) is 4.47. The Morgan fingerprint density at radius 2 is 1.58 bits per heavy atom. The number of nitrogens with two attached hydrogens (primary N) is 3. The SMILES string of the molecule is C(OCC1CO1)C1CO1.Nc1ccc(O)c(N)c1N. The van der Waals surface area contributed by atoms with Gasteiger partial charge in [0.15, 0.2) is 0 Å². The molecule has 2 fully saturated rings. The highest BCUT2D eigenvalue weighted by molar-refractivity contribution is 5.81. The summed E-state index contributed by atoms with van der Waals surface area (Å²) >= 11 is 0. The lowest BCUT2D eigenvalue weighted by Gasteiger charge is -2.04. The molecule has 7 heteroatoms. The molecule has 0 aliphatic carbocycles. The number of hydrogen-bond donors (Lipinski definition) is 4. The van der Waals surface area contributed by atoms with E-state index in [2.05, 4.69) is 0 Å². The van der Waals surface area contributed by atoms with Gasteiger partial charge in [0.2, 0.25) is 0 Å². The maximum Gasteiger partial charge on any atom is 0.140 e. The minimum Gasteiger partial charge on any atom is -0.506 e. The number of aromatic hydroxyl groups is 1. The molecule has 19 heavy (non-hydrogen) atoms. The zero-order valence-corrected chi connectivity index (χ0v) is 10.5. The van der Waals surface area contributed by atoms with Crippen LogP contribution in [-0.4, -0.2) is 43.7 Å². The maximum atomic E-state index is 8.96. The van der Waals surface area contributed by atoms with Gasteiger partial charge in [0.25, 0.3) is 0 Å². The van der Waals surface area contributed by atoms with Crippen molar-refractivity contribution < 1.29 is 19.3 Å². The van der Waals surface area contributed by atoms with Gasteiger partial charge in [0, 0.05) is 0 Å². The van der Waals surface area contributed by atoms with Crippen molar-refractivity contribution in [2.45, 2.75) is 12.2 Å². The van der Waals surface area contributed by atoms with Crippen LogP contribution in [0.1, 0.15) is 0 Å². The fourth-order valence-corrected chi connectivity index (χ4v) is 1.30. The van der Waals surface area contributed by atoms with E-state index >= 15 is 0 Å². The molecular weight excluding hydrogens is 250 g/mol. The lowest BCUT2D eigenvalue weighted by molar-refractivity contribution is 0.102. The zero-order valence-electron chi connectivity index (χ0n) is 10.5. The van der Waals surface area contributed by atoms with Crippen molar-refractivity contribution in [3.63, 3.8) is 0 Å². The van der Waals surface area contributed by atoms with Crippen LogP contribution in [0.4, 0.5) is 17.1 Å². The van der Waals surface area contributed by atoms with Crippen LogP contribution in [0.5, 0.6) is 5.75 Å². The number of ether oxygens (including phenoxy) is 3. The van der Waals surface area contributed by atoms with E-state index in [4.69, 9.17) is 36.5 Å². The molecule has 2 aliphatic heterocycles. The molecule has 106 valence electrons. The Morgan fingerprint density at radius 3 is 2.00 bits per heavy atom. The number of benzene rings is 1. The first kappa shape index (κ1) is 13.7. The molecule has 0 saturated carbocycles. The first-order valence-corrected chi connectivity index (χ1v) is 6.01. The van der Waals surface area contributed by atoms with Crippen molar-refractivity contribution in [2.24, 2.45) is 0 Å². The van der Waals surface area contributed by atoms with Gasteiger partial charge in [-0.25, -0.2) is 0 Å². The van der Waals surface area contributed by atoms with Crippen LogP contribution in [0.2, 0.25) is 0 Å². The fourth-order valence-electron chi connectivity index (χ4n) is 1.30. The van der Waals surface area contributed by atoms with Crippen molar-refractivity contribution in [1.82, 2.24) is 0 Å². The van der Waals surface area contributed by atoms with Gasteiger partial charge in [0.1, 0.15) is 18.0 Å². The van der Waals surface area contributed by atoms with Gasteiger partial charge in [0.05, 0.1) is 43.5 Å². The first-order chi connectivity index (χ1) is 9.08. The van der Waals surface area contributed by atoms with E-state index in [-0.39, 0.29) is 17.1 Å². The molecule has 2 atom stereocenters. The van der Waals surface area contributed by atoms with Crippen LogP contribution in [-0.2, 0) is 14.2 Å². The quantitative estimate of drug-likeness (QED) is 0.260. The predicted octanol–water partition coefficient (Wildman–Crippen LogP) is -0.0606. The molecule has 7 N–H and O–H groups in total. The molecule has 0 amide bonds. The van der Waals surface area contributed by atoms with Crippen molar-refractivity contribution in [3.8, 4) is 5.75 Å². The Hall–Kier alpha value is -1.70. The summed E-state index contributed by atoms with van der Waals surface area (Å²) in [5.74, 6) is -0.0355. The standard InChI is InChI=1S/C6H9N3O.C6H10O3/c7-3-1-2-4(10)6(9)5(3)8;1(5-3-8-5)7-2-6-4-9-6/h1-2,10H,7-9H2;5-6H,1-4H2. The highest BCUT2D eigenvalue weighted by Crippen LogP contribution is 2.30. The molecule has 7 nitrogen and oxygen atoms in total. The van der Waals surface area contributed by atoms with Crippen LogP contribution in [0.25, 0.3) is 0 Å². The smallest absolute Gasteiger partial charge is 0.140 e. The molecular formula is C12H19N3O4. The number of rotatable bonds is 4. The summed E-state index contributed by atoms with van der Waals surface area (Å²) in [7, 11) is 0. The Kier molecular flexibility index (Phi) is 4.31. The van der Waals surface area contributed by atoms with Crippen LogP contribution in [0.3, 0.4) is 0 Å². The van der Waals surface area contributed by atoms with Gasteiger partial charge in [-0.2, -0.15) is 0 Å². The minimum atomic E-state index is -0.0355. The predicted molar refractivity (Wildman–Crippen MR) is 71.6 cm³/mol. The van der Waals surface area contributed by atoms with Crippen LogP contribution in [0, 0.1) is 0 Å². The third-order valence-corrected chi connectivity index (χ3v) is 2.71. The van der Waals surface area contributed by atoms with Gasteiger partial charge >= 0.3 is 0 Å². The summed E-state index contributed by atoms with van der Waals surface area (Å²) in [5, 5.41) is 8.96. The second kappa shape index (κ2) is 5.96. The Bertz CT molecular complexity index is 394. The largest absolute Gasteiger partial charge is 0.506 e. The number of phenolic OH excluding ortho intramolecular Hbond substituents is 1. The monoisotopic (exact) mass is 269 g/mol. The summed E-state index contributed by atoms with van der Waals surface area (Å²) in [4.78, 5) is 0. The minimum absolute atomic E-state index is 0.0355. The number of anilines is 3. The molecule has 0 spiro atoms. The van der Waals surface area contributed by atoms with Crippen LogP contribution >= 0.6 is 0 Å². The Balaban J connectivity index is 0.000000141. The van der Waals surface area contributed by atoms with E-state index in [1.54, 1.807) is 0 Å². The first-order valence-electron chi connectivity index (χ1n) is 6.01. The number of epoxide rings is 2. The molecule has 2 unspecified atom stereocenters. The Morgan fingerprint density at radius 1 is 1.05 bits per heavy atom. The maximum absolute atomic E-state index is 8.96. The lowest BCUT2D eigenvalue weighted by atomic mass is 10.2. The number of phenols is 1. The highest BCUT2D eigenvalue weighted by Gasteiger charge is 2.26. The summed E-state index contributed by atoms with van der Waals surface area (Å²) in [5.41, 5.74) is 16.8. The molecule has 2 saturated heterocycles. The Labute approximate surface area is 111 Å². The van der Waals surface area contributed by atoms with Crippen molar-refractivity contribution in [2.75, 3.05) is 43.6 Å². The van der Waals surface area contributed by atoms with E-state index in [1.807, 2.05) is 0 Å². The van der Waals surface area contributed by atoms with E-state index in [0.717, 1.165) is 26.4 Å². The molecule has 0 bridgehead atoms. The van der Waals surface area contributed by atoms with E-state index in [0.29, 0.717) is 17.9 Å². The topological polar surface area (TPSA) is 133 Å². The molecule has 1 aromatic rings. The van der Waals surface area contributed by atoms with Crippen molar-refractivity contribution in [3.05, 3.63) is 12.1 Å². The summed E-state index contributed by atoms with van der Waals surface area (Å²) in [6.07, 6.45) is 0.785. The summed E-state index contributed by atoms with van der Waals surface area (Å²) in [6, 6.07) is 2.90. The summed E-state index contributed by atoms with van der Waals surface area (Å²) < 4.78 is 15.1. The molecule has 3 rings (SSSR count). The third-order valence-electron chi connectivity index (χ3n) is 2.71. The number of hydrogen-bond acceptors (Lipinski definition) is 7. The molecule has 1 aromatic carbocycles. The normalized spacial score (nSPS) is 23.4. The highest BCUT2D eigenvalue weighted by atomic mass is 16.6. The second-order valence-corrected chi connectivity index (χ2v) is 4.45. The van der Waals surface area contributed by atoms with Crippen molar-refractivity contribution in [1.29, 1.82) is 0 Å². The van der Waals surface area contributed by atoms with Gasteiger partial charge < -0.3 is 36.5 Å². The second-order valence-electron chi connectivity index (χ2n) is 4.45.